The van der Waals surface area contributed by atoms with Gasteiger partial charge in [-0.3, -0.25) is 4.68 Å². The number of nitrogens with one attached hydrogen (secondary N) is 1. The molecule has 1 aromatic rings. The van der Waals surface area contributed by atoms with Crippen LogP contribution in [0.15, 0.2) is 12.3 Å². The van der Waals surface area contributed by atoms with Crippen LogP contribution >= 0.6 is 0 Å². The lowest BCUT2D eigenvalue weighted by Gasteiger charge is -2.45. The van der Waals surface area contributed by atoms with Crippen LogP contribution in [0.5, 0.6) is 0 Å². The zero-order valence-electron chi connectivity index (χ0n) is 12.3. The Morgan fingerprint density at radius 1 is 1.56 bits per heavy atom. The van der Waals surface area contributed by atoms with Gasteiger partial charge in [0.2, 0.25) is 0 Å². The Balaban J connectivity index is 2.19. The van der Waals surface area contributed by atoms with Crippen LogP contribution in [0.25, 0.3) is 0 Å². The van der Waals surface area contributed by atoms with Crippen molar-refractivity contribution in [3.63, 3.8) is 0 Å². The highest BCUT2D eigenvalue weighted by atomic mass is 15.4. The van der Waals surface area contributed by atoms with Gasteiger partial charge in [-0.25, -0.2) is 0 Å². The molecule has 18 heavy (non-hydrogen) atoms. The van der Waals surface area contributed by atoms with E-state index in [1.165, 1.54) is 0 Å². The van der Waals surface area contributed by atoms with Crippen LogP contribution in [0.3, 0.4) is 0 Å². The molecule has 0 saturated carbocycles. The van der Waals surface area contributed by atoms with Gasteiger partial charge < -0.3 is 10.2 Å². The second kappa shape index (κ2) is 4.92. The van der Waals surface area contributed by atoms with Crippen LogP contribution in [0, 0.1) is 0 Å². The van der Waals surface area contributed by atoms with Crippen LogP contribution in [-0.4, -0.2) is 34.5 Å². The van der Waals surface area contributed by atoms with Gasteiger partial charge in [0.15, 0.2) is 5.82 Å². The highest BCUT2D eigenvalue weighted by molar-refractivity contribution is 5.40. The van der Waals surface area contributed by atoms with Crippen molar-refractivity contribution >= 4 is 5.82 Å². The third-order valence-corrected chi connectivity index (χ3v) is 4.07. The lowest BCUT2D eigenvalue weighted by atomic mass is 9.94. The van der Waals surface area contributed by atoms with Crippen LogP contribution in [0.1, 0.15) is 47.1 Å². The summed E-state index contributed by atoms with van der Waals surface area (Å²) >= 11 is 0. The van der Waals surface area contributed by atoms with E-state index in [1.807, 2.05) is 4.68 Å². The first-order valence-corrected chi connectivity index (χ1v) is 7.02. The molecule has 2 atom stereocenters. The van der Waals surface area contributed by atoms with E-state index in [0.717, 1.165) is 25.3 Å². The Morgan fingerprint density at radius 2 is 2.28 bits per heavy atom. The molecule has 102 valence electrons. The van der Waals surface area contributed by atoms with Gasteiger partial charge in [0.1, 0.15) is 0 Å². The fraction of sp³-hybridized carbons (Fsp3) is 0.786. The minimum atomic E-state index is 0.203. The molecule has 2 rings (SSSR count). The number of rotatable bonds is 3. The molecule has 1 aliphatic rings. The van der Waals surface area contributed by atoms with Gasteiger partial charge in [-0.15, -0.1) is 0 Å². The normalized spacial score (nSPS) is 29.0. The Hall–Kier alpha value is -1.03. The van der Waals surface area contributed by atoms with Gasteiger partial charge in [-0.1, -0.05) is 6.92 Å². The summed E-state index contributed by atoms with van der Waals surface area (Å²) in [5.41, 5.74) is 0.203. The first-order chi connectivity index (χ1) is 8.45. The van der Waals surface area contributed by atoms with Crippen LogP contribution in [0.2, 0.25) is 0 Å². The third kappa shape index (κ3) is 2.53. The molecular formula is C14H26N4. The zero-order chi connectivity index (χ0) is 13.3. The molecule has 1 aliphatic heterocycles. The number of aromatic nitrogens is 2. The predicted molar refractivity (Wildman–Crippen MR) is 76.1 cm³/mol. The minimum absolute atomic E-state index is 0.203. The zero-order valence-corrected chi connectivity index (χ0v) is 12.3. The summed E-state index contributed by atoms with van der Waals surface area (Å²) in [5.74, 6) is 1.11. The van der Waals surface area contributed by atoms with Crippen LogP contribution in [-0.2, 0) is 0 Å². The van der Waals surface area contributed by atoms with E-state index in [-0.39, 0.29) is 5.54 Å². The Bertz CT molecular complexity index is 398. The summed E-state index contributed by atoms with van der Waals surface area (Å²) in [6, 6.07) is 3.06. The summed E-state index contributed by atoms with van der Waals surface area (Å²) in [4.78, 5) is 2.43. The SMILES string of the molecule is CCC1(C)CN(c2ccn(C(C)C)n2)C(C)CN1. The number of anilines is 1. The third-order valence-electron chi connectivity index (χ3n) is 4.07. The lowest BCUT2D eigenvalue weighted by Crippen LogP contribution is -2.62. The topological polar surface area (TPSA) is 33.1 Å². The number of hydrogen-bond donors (Lipinski definition) is 1. The molecule has 4 heteroatoms. The molecule has 1 saturated heterocycles. The van der Waals surface area contributed by atoms with Gasteiger partial charge in [-0.05, 0) is 34.1 Å². The van der Waals surface area contributed by atoms with Crippen molar-refractivity contribution < 1.29 is 0 Å². The molecule has 0 amide bonds. The molecule has 0 aromatic carbocycles. The minimum Gasteiger partial charge on any atom is -0.349 e. The molecule has 2 heterocycles. The quantitative estimate of drug-likeness (QED) is 0.894. The summed E-state index contributed by atoms with van der Waals surface area (Å²) in [7, 11) is 0. The van der Waals surface area contributed by atoms with Gasteiger partial charge in [0.05, 0.1) is 0 Å². The Labute approximate surface area is 110 Å². The van der Waals surface area contributed by atoms with E-state index >= 15 is 0 Å². The highest BCUT2D eigenvalue weighted by Gasteiger charge is 2.33. The molecule has 1 aromatic heterocycles. The summed E-state index contributed by atoms with van der Waals surface area (Å²) < 4.78 is 2.04. The molecule has 0 spiro atoms. The average molecular weight is 250 g/mol. The van der Waals surface area contributed by atoms with E-state index in [9.17, 15) is 0 Å². The largest absolute Gasteiger partial charge is 0.349 e. The Morgan fingerprint density at radius 3 is 2.83 bits per heavy atom. The van der Waals surface area contributed by atoms with E-state index in [2.05, 4.69) is 57.1 Å². The lowest BCUT2D eigenvalue weighted by molar-refractivity contribution is 0.284. The molecule has 0 bridgehead atoms. The standard InChI is InChI=1S/C14H26N4/c1-6-14(5)10-17(12(4)9-15-14)13-7-8-18(16-13)11(2)3/h7-8,11-12,15H,6,9-10H2,1-5H3. The molecule has 4 nitrogen and oxygen atoms in total. The van der Waals surface area contributed by atoms with Gasteiger partial charge in [-0.2, -0.15) is 5.10 Å². The van der Waals surface area contributed by atoms with Crippen molar-refractivity contribution in [1.29, 1.82) is 0 Å². The van der Waals surface area contributed by atoms with Gasteiger partial charge in [0.25, 0.3) is 0 Å². The van der Waals surface area contributed by atoms with E-state index in [4.69, 9.17) is 5.10 Å². The monoisotopic (exact) mass is 250 g/mol. The van der Waals surface area contributed by atoms with Crippen molar-refractivity contribution in [2.75, 3.05) is 18.0 Å². The van der Waals surface area contributed by atoms with Crippen molar-refractivity contribution in [2.45, 2.75) is 58.7 Å². The van der Waals surface area contributed by atoms with Crippen molar-refractivity contribution in [1.82, 2.24) is 15.1 Å². The average Bonchev–Trinajstić information content (AvgIpc) is 2.82. The molecule has 0 aliphatic carbocycles. The molecule has 1 N–H and O–H groups in total. The predicted octanol–water partition coefficient (Wildman–Crippen LogP) is 2.43. The Kier molecular flexibility index (Phi) is 3.66. The second-order valence-corrected chi connectivity index (χ2v) is 6.02. The maximum Gasteiger partial charge on any atom is 0.150 e. The fourth-order valence-electron chi connectivity index (χ4n) is 2.40. The maximum atomic E-state index is 4.70. The van der Waals surface area contributed by atoms with Crippen LogP contribution < -0.4 is 10.2 Å². The van der Waals surface area contributed by atoms with E-state index in [1.54, 1.807) is 0 Å². The van der Waals surface area contributed by atoms with E-state index < -0.39 is 0 Å². The summed E-state index contributed by atoms with van der Waals surface area (Å²) in [5, 5.41) is 8.35. The van der Waals surface area contributed by atoms with Gasteiger partial charge >= 0.3 is 0 Å². The fourth-order valence-corrected chi connectivity index (χ4v) is 2.40. The first-order valence-electron chi connectivity index (χ1n) is 7.02. The van der Waals surface area contributed by atoms with Crippen molar-refractivity contribution in [3.05, 3.63) is 12.3 Å². The van der Waals surface area contributed by atoms with Crippen LogP contribution in [0.4, 0.5) is 5.82 Å². The smallest absolute Gasteiger partial charge is 0.150 e. The molecule has 2 unspecified atom stereocenters. The number of nitrogens with zero attached hydrogens (tertiary/aromatic N) is 3. The van der Waals surface area contributed by atoms with Crippen molar-refractivity contribution in [2.24, 2.45) is 0 Å². The maximum absolute atomic E-state index is 4.70. The number of hydrogen-bond acceptors (Lipinski definition) is 3. The highest BCUT2D eigenvalue weighted by Crippen LogP contribution is 2.24. The number of piperazine rings is 1. The second-order valence-electron chi connectivity index (χ2n) is 6.02. The molecular weight excluding hydrogens is 224 g/mol. The molecule has 0 radical (unpaired) electrons. The summed E-state index contributed by atoms with van der Waals surface area (Å²) in [6.45, 7) is 13.2. The van der Waals surface area contributed by atoms with Crippen molar-refractivity contribution in [3.8, 4) is 0 Å². The van der Waals surface area contributed by atoms with Gasteiger partial charge in [0, 0.05) is 43.0 Å². The summed E-state index contributed by atoms with van der Waals surface area (Å²) in [6.07, 6.45) is 3.22. The van der Waals surface area contributed by atoms with E-state index in [0.29, 0.717) is 12.1 Å². The molecule has 1 fully saturated rings. The first kappa shape index (κ1) is 13.4.